The van der Waals surface area contributed by atoms with E-state index >= 15 is 0 Å². The second kappa shape index (κ2) is 5.34. The quantitative estimate of drug-likeness (QED) is 0.794. The maximum absolute atomic E-state index is 14.0. The molecule has 0 N–H and O–H groups in total. The van der Waals surface area contributed by atoms with E-state index in [4.69, 9.17) is 0 Å². The van der Waals surface area contributed by atoms with Crippen LogP contribution >= 0.6 is 0 Å². The number of nitrogens with zero attached hydrogens (tertiary/aromatic N) is 1. The van der Waals surface area contributed by atoms with E-state index < -0.39 is 18.8 Å². The van der Waals surface area contributed by atoms with Crippen LogP contribution in [0.5, 0.6) is 0 Å². The van der Waals surface area contributed by atoms with Crippen LogP contribution in [0, 0.1) is 12.7 Å². The van der Waals surface area contributed by atoms with Crippen molar-refractivity contribution in [3.8, 4) is 0 Å². The molecule has 0 amide bonds. The van der Waals surface area contributed by atoms with Gasteiger partial charge in [-0.1, -0.05) is 18.7 Å². The lowest BCUT2D eigenvalue weighted by atomic mass is 10.0. The van der Waals surface area contributed by atoms with E-state index in [2.05, 4.69) is 6.58 Å². The van der Waals surface area contributed by atoms with Gasteiger partial charge in [0.1, 0.15) is 5.82 Å². The van der Waals surface area contributed by atoms with Gasteiger partial charge >= 0.3 is 0 Å². The van der Waals surface area contributed by atoms with Crippen LogP contribution in [0.25, 0.3) is 5.70 Å². The summed E-state index contributed by atoms with van der Waals surface area (Å²) in [6.45, 7) is 4.99. The lowest BCUT2D eigenvalue weighted by Gasteiger charge is -2.30. The topological polar surface area (TPSA) is 3.24 Å². The minimum Gasteiger partial charge on any atom is -0.336 e. The summed E-state index contributed by atoms with van der Waals surface area (Å²) in [5.41, 5.74) is 1.92. The molecule has 1 heterocycles. The van der Waals surface area contributed by atoms with E-state index in [1.54, 1.807) is 37.3 Å². The van der Waals surface area contributed by atoms with Gasteiger partial charge in [-0.3, -0.25) is 0 Å². The summed E-state index contributed by atoms with van der Waals surface area (Å²) in [6, 6.07) is 4.74. The third-order valence-electron chi connectivity index (χ3n) is 2.90. The predicted octanol–water partition coefficient (Wildman–Crippen LogP) is 4.13. The molecule has 4 heteroatoms. The molecule has 0 spiro atoms. The fourth-order valence-corrected chi connectivity index (χ4v) is 2.00. The van der Waals surface area contributed by atoms with Gasteiger partial charge in [0.05, 0.1) is 12.2 Å². The second-order valence-corrected chi connectivity index (χ2v) is 4.39. The Hall–Kier alpha value is -1.97. The highest BCUT2D eigenvalue weighted by Crippen LogP contribution is 2.29. The molecule has 0 saturated carbocycles. The Morgan fingerprint density at radius 2 is 2.05 bits per heavy atom. The zero-order valence-corrected chi connectivity index (χ0v) is 10.5. The van der Waals surface area contributed by atoms with Crippen molar-refractivity contribution >= 4 is 5.70 Å². The van der Waals surface area contributed by atoms with Gasteiger partial charge in [-0.05, 0) is 36.8 Å². The van der Waals surface area contributed by atoms with Gasteiger partial charge in [-0.15, -0.1) is 0 Å². The molecule has 0 unspecified atom stereocenters. The fourth-order valence-electron chi connectivity index (χ4n) is 2.00. The first-order chi connectivity index (χ1) is 8.99. The Morgan fingerprint density at radius 3 is 2.68 bits per heavy atom. The number of hydrogen-bond donors (Lipinski definition) is 0. The van der Waals surface area contributed by atoms with Crippen LogP contribution in [-0.2, 0) is 0 Å². The van der Waals surface area contributed by atoms with Crippen molar-refractivity contribution < 1.29 is 13.2 Å². The predicted molar refractivity (Wildman–Crippen MR) is 70.1 cm³/mol. The first-order valence-corrected chi connectivity index (χ1v) is 5.88. The van der Waals surface area contributed by atoms with Crippen molar-refractivity contribution in [2.24, 2.45) is 0 Å². The summed E-state index contributed by atoms with van der Waals surface area (Å²) >= 11 is 0. The SMILES string of the molecule is C=C1C=CC=C(c2ccc(C)cc2F)N1CC(F)F. The molecule has 0 saturated heterocycles. The number of halogens is 3. The Kier molecular flexibility index (Phi) is 3.79. The van der Waals surface area contributed by atoms with Crippen molar-refractivity contribution in [2.75, 3.05) is 6.54 Å². The summed E-state index contributed by atoms with van der Waals surface area (Å²) in [5, 5.41) is 0. The van der Waals surface area contributed by atoms with Crippen LogP contribution in [-0.4, -0.2) is 17.9 Å². The van der Waals surface area contributed by atoms with Crippen LogP contribution < -0.4 is 0 Å². The Balaban J connectivity index is 2.42. The summed E-state index contributed by atoms with van der Waals surface area (Å²) in [4.78, 5) is 1.33. The summed E-state index contributed by atoms with van der Waals surface area (Å²) in [7, 11) is 0. The molecule has 1 aliphatic heterocycles. The molecule has 1 aliphatic rings. The van der Waals surface area contributed by atoms with Gasteiger partial charge in [-0.2, -0.15) is 0 Å². The van der Waals surface area contributed by atoms with Crippen LogP contribution in [0.1, 0.15) is 11.1 Å². The molecular formula is C15H14F3N. The van der Waals surface area contributed by atoms with Gasteiger partial charge in [0, 0.05) is 11.3 Å². The highest BCUT2D eigenvalue weighted by Gasteiger charge is 2.21. The van der Waals surface area contributed by atoms with E-state index in [-0.39, 0.29) is 0 Å². The van der Waals surface area contributed by atoms with E-state index in [1.165, 1.54) is 11.0 Å². The number of aryl methyl sites for hydroxylation is 1. The Labute approximate surface area is 110 Å². The van der Waals surface area contributed by atoms with Gasteiger partial charge in [0.25, 0.3) is 6.43 Å². The third-order valence-corrected chi connectivity index (χ3v) is 2.90. The van der Waals surface area contributed by atoms with Gasteiger partial charge in [-0.25, -0.2) is 13.2 Å². The maximum Gasteiger partial charge on any atom is 0.256 e. The number of benzene rings is 1. The lowest BCUT2D eigenvalue weighted by molar-refractivity contribution is 0.123. The molecule has 1 nitrogen and oxygen atoms in total. The van der Waals surface area contributed by atoms with E-state index in [9.17, 15) is 13.2 Å². The van der Waals surface area contributed by atoms with E-state index in [0.717, 1.165) is 5.56 Å². The molecule has 2 rings (SSSR count). The molecule has 0 bridgehead atoms. The van der Waals surface area contributed by atoms with Crippen molar-refractivity contribution in [1.82, 2.24) is 4.90 Å². The van der Waals surface area contributed by atoms with Crippen LogP contribution in [0.15, 0.2) is 48.7 Å². The van der Waals surface area contributed by atoms with Crippen LogP contribution in [0.3, 0.4) is 0 Å². The molecule has 100 valence electrons. The molecule has 0 radical (unpaired) electrons. The normalized spacial score (nSPS) is 15.1. The van der Waals surface area contributed by atoms with Gasteiger partial charge in [0.2, 0.25) is 0 Å². The maximum atomic E-state index is 14.0. The number of allylic oxidation sites excluding steroid dienone is 3. The standard InChI is InChI=1S/C15H14F3N/c1-10-6-7-12(13(16)8-10)14-5-3-4-11(2)19(14)9-15(17)18/h3-8,15H,2,9H2,1H3. The Bertz CT molecular complexity index is 559. The second-order valence-electron chi connectivity index (χ2n) is 4.39. The molecule has 0 aromatic heterocycles. The van der Waals surface area contributed by atoms with Crippen molar-refractivity contribution in [2.45, 2.75) is 13.3 Å². The third kappa shape index (κ3) is 2.89. The summed E-state index contributed by atoms with van der Waals surface area (Å²) in [5.74, 6) is -0.423. The molecule has 0 atom stereocenters. The molecule has 1 aromatic rings. The molecular weight excluding hydrogens is 251 g/mol. The van der Waals surface area contributed by atoms with Crippen LogP contribution in [0.4, 0.5) is 13.2 Å². The first kappa shape index (κ1) is 13.5. The molecule has 1 aromatic carbocycles. The largest absolute Gasteiger partial charge is 0.336 e. The summed E-state index contributed by atoms with van der Waals surface area (Å²) in [6.07, 6.45) is 2.40. The minimum absolute atomic E-state index is 0.303. The number of hydrogen-bond acceptors (Lipinski definition) is 1. The summed E-state index contributed by atoms with van der Waals surface area (Å²) < 4.78 is 39.2. The Morgan fingerprint density at radius 1 is 1.32 bits per heavy atom. The zero-order valence-electron chi connectivity index (χ0n) is 10.5. The van der Waals surface area contributed by atoms with E-state index in [0.29, 0.717) is 17.0 Å². The van der Waals surface area contributed by atoms with Crippen molar-refractivity contribution in [3.63, 3.8) is 0 Å². The smallest absolute Gasteiger partial charge is 0.256 e. The lowest BCUT2D eigenvalue weighted by Crippen LogP contribution is -2.27. The number of alkyl halides is 2. The van der Waals surface area contributed by atoms with Crippen molar-refractivity contribution in [3.05, 3.63) is 65.6 Å². The minimum atomic E-state index is -2.51. The molecule has 19 heavy (non-hydrogen) atoms. The van der Waals surface area contributed by atoms with Crippen LogP contribution in [0.2, 0.25) is 0 Å². The molecule has 0 aliphatic carbocycles. The monoisotopic (exact) mass is 265 g/mol. The highest BCUT2D eigenvalue weighted by molar-refractivity contribution is 5.70. The fraction of sp³-hybridized carbons (Fsp3) is 0.200. The zero-order chi connectivity index (χ0) is 14.0. The van der Waals surface area contributed by atoms with Crippen molar-refractivity contribution in [1.29, 1.82) is 0 Å². The molecule has 0 fully saturated rings. The van der Waals surface area contributed by atoms with Gasteiger partial charge in [0.15, 0.2) is 0 Å². The van der Waals surface area contributed by atoms with Gasteiger partial charge < -0.3 is 4.90 Å². The average Bonchev–Trinajstić information content (AvgIpc) is 2.32. The van der Waals surface area contributed by atoms with E-state index in [1.807, 2.05) is 0 Å². The highest BCUT2D eigenvalue weighted by atomic mass is 19.3. The number of rotatable bonds is 3. The average molecular weight is 265 g/mol. The first-order valence-electron chi connectivity index (χ1n) is 5.88.